The van der Waals surface area contributed by atoms with E-state index in [9.17, 15) is 9.59 Å². The van der Waals surface area contributed by atoms with Crippen LogP contribution in [-0.2, 0) is 0 Å². The van der Waals surface area contributed by atoms with E-state index in [1.165, 1.54) is 6.07 Å². The molecule has 0 amide bonds. The van der Waals surface area contributed by atoms with Crippen LogP contribution in [0.25, 0.3) is 10.6 Å². The quantitative estimate of drug-likeness (QED) is 0.802. The van der Waals surface area contributed by atoms with Gasteiger partial charge in [-0.3, -0.25) is 9.59 Å². The van der Waals surface area contributed by atoms with Gasteiger partial charge >= 0.3 is 0 Å². The van der Waals surface area contributed by atoms with E-state index >= 15 is 0 Å². The third-order valence-electron chi connectivity index (χ3n) is 3.13. The second-order valence-electron chi connectivity index (χ2n) is 4.32. The molecule has 0 spiro atoms. The highest BCUT2D eigenvalue weighted by molar-refractivity contribution is 7.13. The zero-order valence-electron chi connectivity index (χ0n) is 10.7. The van der Waals surface area contributed by atoms with Crippen molar-refractivity contribution in [2.75, 3.05) is 0 Å². The summed E-state index contributed by atoms with van der Waals surface area (Å²) < 4.78 is 1.65. The van der Waals surface area contributed by atoms with Crippen molar-refractivity contribution in [3.63, 3.8) is 0 Å². The smallest absolute Gasteiger partial charge is 0.263 e. The fourth-order valence-corrected chi connectivity index (χ4v) is 2.84. The number of pyridine rings is 1. The van der Waals surface area contributed by atoms with Gasteiger partial charge in [0.2, 0.25) is 0 Å². The predicted octanol–water partition coefficient (Wildman–Crippen LogP) is 3.93. The molecule has 5 heteroatoms. The molecular formula is C14H14ClNO2S. The molecule has 0 saturated heterocycles. The van der Waals surface area contributed by atoms with E-state index in [4.69, 9.17) is 11.6 Å². The lowest BCUT2D eigenvalue weighted by Gasteiger charge is -2.18. The monoisotopic (exact) mass is 295 g/mol. The zero-order chi connectivity index (χ0) is 14.0. The van der Waals surface area contributed by atoms with Crippen molar-refractivity contribution in [3.05, 3.63) is 45.6 Å². The van der Waals surface area contributed by atoms with Gasteiger partial charge in [0.05, 0.1) is 16.1 Å². The van der Waals surface area contributed by atoms with Gasteiger partial charge in [0.15, 0.2) is 0 Å². The van der Waals surface area contributed by atoms with Gasteiger partial charge in [0.25, 0.3) is 10.8 Å². The van der Waals surface area contributed by atoms with Crippen LogP contribution < -0.4 is 5.56 Å². The second kappa shape index (κ2) is 5.72. The number of carbonyl (C=O) groups is 1. The Labute approximate surface area is 120 Å². The van der Waals surface area contributed by atoms with Gasteiger partial charge in [-0.15, -0.1) is 11.3 Å². The molecule has 0 aliphatic rings. The normalized spacial score (nSPS) is 12.4. The summed E-state index contributed by atoms with van der Waals surface area (Å²) in [5.41, 5.74) is 0.540. The Bertz CT molecular complexity index is 646. The number of hydrogen-bond acceptors (Lipinski definition) is 3. The van der Waals surface area contributed by atoms with Crippen LogP contribution in [0.5, 0.6) is 0 Å². The Morgan fingerprint density at radius 1 is 1.42 bits per heavy atom. The van der Waals surface area contributed by atoms with Crippen LogP contribution in [0.4, 0.5) is 0 Å². The first kappa shape index (κ1) is 14.0. The molecule has 0 fully saturated rings. The van der Waals surface area contributed by atoms with E-state index in [1.807, 2.05) is 31.4 Å². The van der Waals surface area contributed by atoms with Crippen LogP contribution in [0.3, 0.4) is 0 Å². The van der Waals surface area contributed by atoms with Crippen molar-refractivity contribution in [3.8, 4) is 10.6 Å². The maximum absolute atomic E-state index is 12.4. The number of rotatable bonds is 4. The van der Waals surface area contributed by atoms with E-state index < -0.39 is 5.24 Å². The Hall–Kier alpha value is -1.39. The first-order valence-electron chi connectivity index (χ1n) is 6.05. The fourth-order valence-electron chi connectivity index (χ4n) is 1.95. The van der Waals surface area contributed by atoms with Crippen molar-refractivity contribution in [2.45, 2.75) is 26.3 Å². The Morgan fingerprint density at radius 2 is 2.16 bits per heavy atom. The highest BCUT2D eigenvalue weighted by atomic mass is 35.5. The lowest BCUT2D eigenvalue weighted by atomic mass is 10.1. The SMILES string of the molecule is CCC(C)n1c(-c2cccs2)ccc(C(=O)Cl)c1=O. The average molecular weight is 296 g/mol. The molecule has 0 radical (unpaired) electrons. The Morgan fingerprint density at radius 3 is 2.68 bits per heavy atom. The summed E-state index contributed by atoms with van der Waals surface area (Å²) in [6.45, 7) is 3.96. The number of aromatic nitrogens is 1. The molecule has 100 valence electrons. The van der Waals surface area contributed by atoms with Crippen LogP contribution in [0.1, 0.15) is 36.7 Å². The minimum atomic E-state index is -0.709. The summed E-state index contributed by atoms with van der Waals surface area (Å²) in [5.74, 6) is 0. The summed E-state index contributed by atoms with van der Waals surface area (Å²) >= 11 is 7.02. The number of carbonyl (C=O) groups excluding carboxylic acids is 1. The molecule has 1 atom stereocenters. The number of nitrogens with zero attached hydrogens (tertiary/aromatic N) is 1. The van der Waals surface area contributed by atoms with E-state index in [2.05, 4.69) is 0 Å². The maximum Gasteiger partial charge on any atom is 0.263 e. The molecular weight excluding hydrogens is 282 g/mol. The van der Waals surface area contributed by atoms with Gasteiger partial charge in [0.1, 0.15) is 0 Å². The van der Waals surface area contributed by atoms with Crippen LogP contribution in [0.15, 0.2) is 34.4 Å². The van der Waals surface area contributed by atoms with Gasteiger partial charge < -0.3 is 4.57 Å². The summed E-state index contributed by atoms with van der Waals surface area (Å²) in [4.78, 5) is 24.7. The summed E-state index contributed by atoms with van der Waals surface area (Å²) in [6, 6.07) is 7.20. The number of halogens is 1. The largest absolute Gasteiger partial charge is 0.304 e. The predicted molar refractivity (Wildman–Crippen MR) is 79.2 cm³/mol. The molecule has 0 bridgehead atoms. The number of hydrogen-bond donors (Lipinski definition) is 0. The van der Waals surface area contributed by atoms with Gasteiger partial charge in [0, 0.05) is 6.04 Å². The van der Waals surface area contributed by atoms with Crippen molar-refractivity contribution >= 4 is 28.2 Å². The molecule has 0 N–H and O–H groups in total. The van der Waals surface area contributed by atoms with Crippen LogP contribution in [0, 0.1) is 0 Å². The Balaban J connectivity index is 2.72. The lowest BCUT2D eigenvalue weighted by Crippen LogP contribution is -2.28. The molecule has 0 aliphatic carbocycles. The first-order valence-corrected chi connectivity index (χ1v) is 7.31. The van der Waals surface area contributed by atoms with Crippen molar-refractivity contribution in [1.82, 2.24) is 4.57 Å². The standard InChI is InChI=1S/C14H14ClNO2S/c1-3-9(2)16-11(12-5-4-8-19-12)7-6-10(13(15)17)14(16)18/h4-9H,3H2,1-2H3. The third kappa shape index (κ3) is 2.65. The highest BCUT2D eigenvalue weighted by Gasteiger charge is 2.17. The van der Waals surface area contributed by atoms with Crippen LogP contribution >= 0.6 is 22.9 Å². The van der Waals surface area contributed by atoms with Gasteiger partial charge in [-0.2, -0.15) is 0 Å². The van der Waals surface area contributed by atoms with Gasteiger partial charge in [-0.05, 0) is 48.5 Å². The molecule has 0 saturated carbocycles. The summed E-state index contributed by atoms with van der Waals surface area (Å²) in [5, 5.41) is 1.25. The minimum Gasteiger partial charge on any atom is -0.304 e. The van der Waals surface area contributed by atoms with E-state index in [-0.39, 0.29) is 17.2 Å². The first-order chi connectivity index (χ1) is 9.06. The van der Waals surface area contributed by atoms with E-state index in [0.29, 0.717) is 0 Å². The van der Waals surface area contributed by atoms with E-state index in [1.54, 1.807) is 22.0 Å². The average Bonchev–Trinajstić information content (AvgIpc) is 2.90. The zero-order valence-corrected chi connectivity index (χ0v) is 12.3. The van der Waals surface area contributed by atoms with Crippen LogP contribution in [0.2, 0.25) is 0 Å². The number of thiophene rings is 1. The minimum absolute atomic E-state index is 0.0144. The van der Waals surface area contributed by atoms with Gasteiger partial charge in [-0.1, -0.05) is 13.0 Å². The molecule has 2 heterocycles. The third-order valence-corrected chi connectivity index (χ3v) is 4.23. The fraction of sp³-hybridized carbons (Fsp3) is 0.286. The molecule has 2 aromatic heterocycles. The molecule has 19 heavy (non-hydrogen) atoms. The van der Waals surface area contributed by atoms with Gasteiger partial charge in [-0.25, -0.2) is 0 Å². The van der Waals surface area contributed by atoms with E-state index in [0.717, 1.165) is 17.0 Å². The van der Waals surface area contributed by atoms with Crippen molar-refractivity contribution < 1.29 is 4.79 Å². The molecule has 2 rings (SSSR count). The molecule has 0 aromatic carbocycles. The molecule has 1 unspecified atom stereocenters. The molecule has 2 aromatic rings. The molecule has 3 nitrogen and oxygen atoms in total. The van der Waals surface area contributed by atoms with Crippen molar-refractivity contribution in [2.24, 2.45) is 0 Å². The summed E-state index contributed by atoms with van der Waals surface area (Å²) in [6.07, 6.45) is 0.804. The Kier molecular flexibility index (Phi) is 4.22. The van der Waals surface area contributed by atoms with Crippen LogP contribution in [-0.4, -0.2) is 9.81 Å². The molecule has 0 aliphatic heterocycles. The van der Waals surface area contributed by atoms with Crippen molar-refractivity contribution in [1.29, 1.82) is 0 Å². The highest BCUT2D eigenvalue weighted by Crippen LogP contribution is 2.26. The lowest BCUT2D eigenvalue weighted by molar-refractivity contribution is 0.107. The summed E-state index contributed by atoms with van der Waals surface area (Å²) in [7, 11) is 0. The second-order valence-corrected chi connectivity index (χ2v) is 5.61. The maximum atomic E-state index is 12.4. The topological polar surface area (TPSA) is 39.1 Å².